The third-order valence-corrected chi connectivity index (χ3v) is 3.06. The van der Waals surface area contributed by atoms with E-state index < -0.39 is 6.04 Å². The number of rotatable bonds is 5. The van der Waals surface area contributed by atoms with Crippen molar-refractivity contribution < 1.29 is 14.0 Å². The van der Waals surface area contributed by atoms with Crippen molar-refractivity contribution in [2.75, 3.05) is 18.9 Å². The molecule has 22 heavy (non-hydrogen) atoms. The minimum Gasteiger partial charge on any atom is -0.350 e. The van der Waals surface area contributed by atoms with Crippen molar-refractivity contribution in [1.29, 1.82) is 0 Å². The molecule has 1 aromatic rings. The number of likely N-dealkylation sites (N-methyl/N-ethyl adjacent to an activating group) is 1. The number of amides is 2. The summed E-state index contributed by atoms with van der Waals surface area (Å²) in [7, 11) is 1.71. The minimum absolute atomic E-state index is 0.120. The van der Waals surface area contributed by atoms with Crippen molar-refractivity contribution in [3.8, 4) is 0 Å². The molecule has 1 atom stereocenters. The Kier molecular flexibility index (Phi) is 6.05. The maximum atomic E-state index is 12.8. The van der Waals surface area contributed by atoms with E-state index in [9.17, 15) is 14.0 Å². The molecule has 122 valence electrons. The van der Waals surface area contributed by atoms with Crippen LogP contribution in [0, 0.1) is 5.82 Å². The van der Waals surface area contributed by atoms with Gasteiger partial charge in [-0.2, -0.15) is 0 Å². The van der Waals surface area contributed by atoms with Crippen LogP contribution in [-0.2, 0) is 9.59 Å². The standard InChI is InChI=1S/C16H24FN3O2/c1-11(20(5)10-14(21)19-16(2,3)4)15(22)18-13-8-6-12(17)7-9-13/h6-9,11H,10H2,1-5H3,(H,18,22)(H,19,21)/t11-/m1/s1. The van der Waals surface area contributed by atoms with Crippen molar-refractivity contribution in [2.24, 2.45) is 0 Å². The predicted molar refractivity (Wildman–Crippen MR) is 85.0 cm³/mol. The Labute approximate surface area is 130 Å². The van der Waals surface area contributed by atoms with Crippen LogP contribution in [0.5, 0.6) is 0 Å². The first-order valence-corrected chi connectivity index (χ1v) is 7.16. The van der Waals surface area contributed by atoms with Gasteiger partial charge in [0, 0.05) is 11.2 Å². The van der Waals surface area contributed by atoms with Gasteiger partial charge in [0.1, 0.15) is 5.82 Å². The van der Waals surface area contributed by atoms with E-state index in [4.69, 9.17) is 0 Å². The van der Waals surface area contributed by atoms with Crippen molar-refractivity contribution >= 4 is 17.5 Å². The number of nitrogens with zero attached hydrogens (tertiary/aromatic N) is 1. The van der Waals surface area contributed by atoms with Crippen LogP contribution >= 0.6 is 0 Å². The lowest BCUT2D eigenvalue weighted by Crippen LogP contribution is -2.49. The first kappa shape index (κ1) is 18.1. The molecule has 0 aliphatic carbocycles. The number of nitrogens with one attached hydrogen (secondary N) is 2. The van der Waals surface area contributed by atoms with E-state index in [1.54, 1.807) is 18.9 Å². The second kappa shape index (κ2) is 7.35. The Hall–Kier alpha value is -1.95. The highest BCUT2D eigenvalue weighted by Gasteiger charge is 2.22. The Morgan fingerprint density at radius 2 is 1.77 bits per heavy atom. The van der Waals surface area contributed by atoms with E-state index in [0.717, 1.165) is 0 Å². The lowest BCUT2D eigenvalue weighted by Gasteiger charge is -2.26. The van der Waals surface area contributed by atoms with Gasteiger partial charge in [0.25, 0.3) is 0 Å². The molecule has 5 nitrogen and oxygen atoms in total. The second-order valence-corrected chi connectivity index (χ2v) is 6.39. The van der Waals surface area contributed by atoms with Crippen LogP contribution in [0.3, 0.4) is 0 Å². The van der Waals surface area contributed by atoms with E-state index in [0.29, 0.717) is 5.69 Å². The van der Waals surface area contributed by atoms with E-state index >= 15 is 0 Å². The van der Waals surface area contributed by atoms with Crippen LogP contribution in [0.2, 0.25) is 0 Å². The first-order chi connectivity index (χ1) is 10.1. The molecular weight excluding hydrogens is 285 g/mol. The summed E-state index contributed by atoms with van der Waals surface area (Å²) in [6.45, 7) is 7.53. The van der Waals surface area contributed by atoms with Gasteiger partial charge < -0.3 is 10.6 Å². The largest absolute Gasteiger partial charge is 0.350 e. The molecule has 0 bridgehead atoms. The molecule has 1 aromatic carbocycles. The summed E-state index contributed by atoms with van der Waals surface area (Å²) in [4.78, 5) is 25.6. The fourth-order valence-electron chi connectivity index (χ4n) is 1.80. The summed E-state index contributed by atoms with van der Waals surface area (Å²) in [5.74, 6) is -0.754. The maximum Gasteiger partial charge on any atom is 0.241 e. The van der Waals surface area contributed by atoms with Gasteiger partial charge in [-0.1, -0.05) is 0 Å². The van der Waals surface area contributed by atoms with Gasteiger partial charge in [0.15, 0.2) is 0 Å². The smallest absolute Gasteiger partial charge is 0.241 e. The van der Waals surface area contributed by atoms with Crippen LogP contribution in [0.1, 0.15) is 27.7 Å². The van der Waals surface area contributed by atoms with Gasteiger partial charge in [-0.25, -0.2) is 4.39 Å². The zero-order valence-electron chi connectivity index (χ0n) is 13.7. The quantitative estimate of drug-likeness (QED) is 0.874. The number of anilines is 1. The number of benzene rings is 1. The number of halogens is 1. The van der Waals surface area contributed by atoms with Gasteiger partial charge in [-0.3, -0.25) is 14.5 Å². The molecule has 2 amide bonds. The summed E-state index contributed by atoms with van der Waals surface area (Å²) in [6.07, 6.45) is 0. The topological polar surface area (TPSA) is 61.4 Å². The van der Waals surface area contributed by atoms with Crippen molar-refractivity contribution in [3.05, 3.63) is 30.1 Å². The van der Waals surface area contributed by atoms with Crippen molar-refractivity contribution in [2.45, 2.75) is 39.3 Å². The highest BCUT2D eigenvalue weighted by molar-refractivity contribution is 5.94. The summed E-state index contributed by atoms with van der Waals surface area (Å²) in [5, 5.41) is 5.54. The Balaban J connectivity index is 2.54. The summed E-state index contributed by atoms with van der Waals surface area (Å²) in [5.41, 5.74) is 0.211. The average Bonchev–Trinajstić information content (AvgIpc) is 2.38. The molecule has 1 rings (SSSR count). The first-order valence-electron chi connectivity index (χ1n) is 7.16. The van der Waals surface area contributed by atoms with E-state index in [2.05, 4.69) is 10.6 Å². The summed E-state index contributed by atoms with van der Waals surface area (Å²) in [6, 6.07) is 5.05. The third-order valence-electron chi connectivity index (χ3n) is 3.06. The molecule has 0 aliphatic heterocycles. The number of carbonyl (C=O) groups excluding carboxylic acids is 2. The SMILES string of the molecule is C[C@H](C(=O)Nc1ccc(F)cc1)N(C)CC(=O)NC(C)(C)C. The lowest BCUT2D eigenvalue weighted by atomic mass is 10.1. The van der Waals surface area contributed by atoms with Crippen LogP contribution < -0.4 is 10.6 Å². The molecule has 0 aliphatic rings. The molecule has 0 fully saturated rings. The highest BCUT2D eigenvalue weighted by Crippen LogP contribution is 2.09. The van der Waals surface area contributed by atoms with Crippen molar-refractivity contribution in [1.82, 2.24) is 10.2 Å². The zero-order valence-corrected chi connectivity index (χ0v) is 13.7. The molecule has 0 spiro atoms. The zero-order chi connectivity index (χ0) is 16.9. The van der Waals surface area contributed by atoms with Gasteiger partial charge in [0.05, 0.1) is 12.6 Å². The van der Waals surface area contributed by atoms with Crippen LogP contribution in [0.25, 0.3) is 0 Å². The molecule has 0 aromatic heterocycles. The molecule has 0 heterocycles. The lowest BCUT2D eigenvalue weighted by molar-refractivity contribution is -0.125. The summed E-state index contributed by atoms with van der Waals surface area (Å²) >= 11 is 0. The number of hydrogen-bond donors (Lipinski definition) is 2. The number of carbonyl (C=O) groups is 2. The van der Waals surface area contributed by atoms with Gasteiger partial charge in [-0.15, -0.1) is 0 Å². The molecule has 2 N–H and O–H groups in total. The van der Waals surface area contributed by atoms with E-state index in [1.165, 1.54) is 24.3 Å². The monoisotopic (exact) mass is 309 g/mol. The van der Waals surface area contributed by atoms with Crippen LogP contribution in [0.15, 0.2) is 24.3 Å². The fourth-order valence-corrected chi connectivity index (χ4v) is 1.80. The Morgan fingerprint density at radius 1 is 1.23 bits per heavy atom. The fraction of sp³-hybridized carbons (Fsp3) is 0.500. The molecule has 6 heteroatoms. The van der Waals surface area contributed by atoms with Gasteiger partial charge >= 0.3 is 0 Å². The number of hydrogen-bond acceptors (Lipinski definition) is 3. The molecular formula is C16H24FN3O2. The van der Waals surface area contributed by atoms with Gasteiger partial charge in [-0.05, 0) is 59.0 Å². The minimum atomic E-state index is -0.490. The third kappa shape index (κ3) is 6.22. The van der Waals surface area contributed by atoms with Crippen LogP contribution in [0.4, 0.5) is 10.1 Å². The Bertz CT molecular complexity index is 523. The summed E-state index contributed by atoms with van der Waals surface area (Å²) < 4.78 is 12.8. The normalized spacial score (nSPS) is 12.9. The van der Waals surface area contributed by atoms with E-state index in [1.807, 2.05) is 20.8 Å². The van der Waals surface area contributed by atoms with Crippen LogP contribution in [-0.4, -0.2) is 41.9 Å². The second-order valence-electron chi connectivity index (χ2n) is 6.39. The molecule has 0 saturated carbocycles. The maximum absolute atomic E-state index is 12.8. The molecule has 0 radical (unpaired) electrons. The van der Waals surface area contributed by atoms with E-state index in [-0.39, 0.29) is 29.7 Å². The average molecular weight is 309 g/mol. The highest BCUT2D eigenvalue weighted by atomic mass is 19.1. The molecule has 0 unspecified atom stereocenters. The predicted octanol–water partition coefficient (Wildman–Crippen LogP) is 2.00. The van der Waals surface area contributed by atoms with Gasteiger partial charge in [0.2, 0.25) is 11.8 Å². The van der Waals surface area contributed by atoms with Crippen molar-refractivity contribution in [3.63, 3.8) is 0 Å². The molecule has 0 saturated heterocycles. The Morgan fingerprint density at radius 3 is 2.27 bits per heavy atom.